The molecule has 1 atom stereocenters. The van der Waals surface area contributed by atoms with E-state index in [1.165, 1.54) is 27.8 Å². The van der Waals surface area contributed by atoms with Crippen molar-refractivity contribution in [3.05, 3.63) is 59.4 Å². The maximum atomic E-state index is 12.3. The summed E-state index contributed by atoms with van der Waals surface area (Å²) in [5.74, 6) is -0.0625. The van der Waals surface area contributed by atoms with Crippen molar-refractivity contribution in [2.45, 2.75) is 45.7 Å². The summed E-state index contributed by atoms with van der Waals surface area (Å²) in [4.78, 5) is 16.2. The first-order valence-electron chi connectivity index (χ1n) is 8.87. The average molecular weight is 350 g/mol. The molecule has 1 aliphatic rings. The summed E-state index contributed by atoms with van der Waals surface area (Å²) in [6.45, 7) is 4.37. The van der Waals surface area contributed by atoms with E-state index in [4.69, 9.17) is 0 Å². The van der Waals surface area contributed by atoms with Crippen molar-refractivity contribution in [3.63, 3.8) is 0 Å². The van der Waals surface area contributed by atoms with Crippen molar-refractivity contribution in [2.75, 3.05) is 0 Å². The molecule has 134 valence electrons. The van der Waals surface area contributed by atoms with Gasteiger partial charge in [0.2, 0.25) is 5.91 Å². The van der Waals surface area contributed by atoms with Gasteiger partial charge in [0.25, 0.3) is 0 Å². The first-order valence-corrected chi connectivity index (χ1v) is 8.87. The summed E-state index contributed by atoms with van der Waals surface area (Å²) in [7, 11) is 0. The van der Waals surface area contributed by atoms with Crippen LogP contribution in [0.25, 0.3) is 5.69 Å². The number of hydrogen-bond acceptors (Lipinski definition) is 4. The van der Waals surface area contributed by atoms with Gasteiger partial charge in [0.15, 0.2) is 0 Å². The van der Waals surface area contributed by atoms with E-state index >= 15 is 0 Å². The molecule has 2 aromatic heterocycles. The van der Waals surface area contributed by atoms with E-state index in [9.17, 15) is 4.79 Å². The maximum Gasteiger partial charge on any atom is 0.242 e. The Bertz CT molecular complexity index is 907. The molecule has 0 aliphatic heterocycles. The van der Waals surface area contributed by atoms with Crippen LogP contribution in [0.2, 0.25) is 0 Å². The number of nitrogens with zero attached hydrogens (tertiary/aromatic N) is 5. The Balaban J connectivity index is 1.57. The quantitative estimate of drug-likeness (QED) is 0.783. The summed E-state index contributed by atoms with van der Waals surface area (Å²) >= 11 is 0. The highest BCUT2D eigenvalue weighted by atomic mass is 16.2. The molecule has 0 bridgehead atoms. The molecule has 3 aromatic rings. The summed E-state index contributed by atoms with van der Waals surface area (Å²) < 4.78 is 3.54. The third-order valence-corrected chi connectivity index (χ3v) is 4.74. The molecule has 7 nitrogen and oxygen atoms in total. The molecule has 1 N–H and O–H groups in total. The van der Waals surface area contributed by atoms with E-state index in [1.54, 1.807) is 6.33 Å². The second-order valence-corrected chi connectivity index (χ2v) is 6.91. The van der Waals surface area contributed by atoms with Crippen molar-refractivity contribution in [1.29, 1.82) is 0 Å². The van der Waals surface area contributed by atoms with E-state index in [2.05, 4.69) is 52.5 Å². The second kappa shape index (κ2) is 6.74. The highest BCUT2D eigenvalue weighted by molar-refractivity contribution is 5.76. The van der Waals surface area contributed by atoms with Crippen molar-refractivity contribution in [3.8, 4) is 5.69 Å². The minimum Gasteiger partial charge on any atom is -0.348 e. The molecule has 0 saturated carbocycles. The Morgan fingerprint density at radius 3 is 2.77 bits per heavy atom. The van der Waals surface area contributed by atoms with Gasteiger partial charge in [-0.2, -0.15) is 10.2 Å². The Morgan fingerprint density at radius 1 is 1.23 bits per heavy atom. The highest BCUT2D eigenvalue weighted by Gasteiger charge is 2.26. The van der Waals surface area contributed by atoms with Gasteiger partial charge in [-0.15, -0.1) is 0 Å². The Hall–Kier alpha value is -2.96. The van der Waals surface area contributed by atoms with Gasteiger partial charge in [0.1, 0.15) is 19.2 Å². The van der Waals surface area contributed by atoms with Crippen LogP contribution in [0, 0.1) is 13.8 Å². The molecule has 2 heterocycles. The lowest BCUT2D eigenvalue weighted by atomic mass is 9.92. The number of aryl methyl sites for hydroxylation is 2. The third-order valence-electron chi connectivity index (χ3n) is 4.74. The molecule has 0 fully saturated rings. The van der Waals surface area contributed by atoms with Gasteiger partial charge in [0.05, 0.1) is 17.9 Å². The number of benzene rings is 1. The van der Waals surface area contributed by atoms with E-state index in [0.29, 0.717) is 0 Å². The normalized spacial score (nSPS) is 16.3. The zero-order valence-corrected chi connectivity index (χ0v) is 15.0. The van der Waals surface area contributed by atoms with E-state index < -0.39 is 0 Å². The second-order valence-electron chi connectivity index (χ2n) is 6.91. The standard InChI is InChI=1S/C19H22N6O/c1-13-6-14(2)8-15(7-13)25-18-5-3-4-17(16(18)9-21-25)23-19(26)10-24-12-20-11-22-24/h6-9,11-12,17H,3-5,10H2,1-2H3,(H,23,26). The lowest BCUT2D eigenvalue weighted by Gasteiger charge is -2.24. The Morgan fingerprint density at radius 2 is 2.04 bits per heavy atom. The molecule has 1 unspecified atom stereocenters. The molecular formula is C19H22N6O. The molecule has 0 spiro atoms. The zero-order chi connectivity index (χ0) is 18.1. The van der Waals surface area contributed by atoms with Crippen molar-refractivity contribution < 1.29 is 4.79 Å². The maximum absolute atomic E-state index is 12.3. The molecule has 4 rings (SSSR count). The number of carbonyl (C=O) groups is 1. The third kappa shape index (κ3) is 3.24. The number of carbonyl (C=O) groups excluding carboxylic acids is 1. The van der Waals surface area contributed by atoms with Crippen LogP contribution in [0.5, 0.6) is 0 Å². The van der Waals surface area contributed by atoms with Gasteiger partial charge in [-0.1, -0.05) is 6.07 Å². The highest BCUT2D eigenvalue weighted by Crippen LogP contribution is 2.31. The first-order chi connectivity index (χ1) is 12.6. The van der Waals surface area contributed by atoms with Gasteiger partial charge in [0, 0.05) is 11.3 Å². The molecule has 1 aromatic carbocycles. The van der Waals surface area contributed by atoms with Crippen LogP contribution >= 0.6 is 0 Å². The van der Waals surface area contributed by atoms with Gasteiger partial charge in [-0.3, -0.25) is 4.79 Å². The van der Waals surface area contributed by atoms with Gasteiger partial charge < -0.3 is 5.32 Å². The number of amides is 1. The lowest BCUT2D eigenvalue weighted by molar-refractivity contribution is -0.122. The van der Waals surface area contributed by atoms with Crippen LogP contribution in [0.3, 0.4) is 0 Å². The van der Waals surface area contributed by atoms with E-state index in [0.717, 1.165) is 30.5 Å². The summed E-state index contributed by atoms with van der Waals surface area (Å²) in [5.41, 5.74) is 5.82. The molecule has 26 heavy (non-hydrogen) atoms. The van der Waals surface area contributed by atoms with E-state index in [-0.39, 0.29) is 18.5 Å². The number of aromatic nitrogens is 5. The van der Waals surface area contributed by atoms with Crippen LogP contribution in [0.15, 0.2) is 37.1 Å². The molecule has 1 aliphatic carbocycles. The summed E-state index contributed by atoms with van der Waals surface area (Å²) in [5, 5.41) is 11.7. The smallest absolute Gasteiger partial charge is 0.242 e. The van der Waals surface area contributed by atoms with Crippen molar-refractivity contribution in [2.24, 2.45) is 0 Å². The van der Waals surface area contributed by atoms with Gasteiger partial charge in [-0.25, -0.2) is 14.3 Å². The largest absolute Gasteiger partial charge is 0.348 e. The average Bonchev–Trinajstić information content (AvgIpc) is 3.23. The van der Waals surface area contributed by atoms with E-state index in [1.807, 2.05) is 10.9 Å². The number of hydrogen-bond donors (Lipinski definition) is 1. The molecule has 0 radical (unpaired) electrons. The fourth-order valence-electron chi connectivity index (χ4n) is 3.70. The minimum absolute atomic E-state index is 0.00516. The molecule has 1 amide bonds. The lowest BCUT2D eigenvalue weighted by Crippen LogP contribution is -2.33. The Kier molecular flexibility index (Phi) is 4.28. The number of rotatable bonds is 4. The SMILES string of the molecule is Cc1cc(C)cc(-n2ncc3c2CCCC3NC(=O)Cn2cncn2)c1. The fourth-order valence-corrected chi connectivity index (χ4v) is 3.70. The van der Waals surface area contributed by atoms with Crippen molar-refractivity contribution >= 4 is 5.91 Å². The Labute approximate surface area is 152 Å². The predicted molar refractivity (Wildman–Crippen MR) is 96.9 cm³/mol. The van der Waals surface area contributed by atoms with Crippen LogP contribution in [-0.4, -0.2) is 30.5 Å². The monoisotopic (exact) mass is 350 g/mol. The van der Waals surface area contributed by atoms with Crippen LogP contribution in [0.4, 0.5) is 0 Å². The van der Waals surface area contributed by atoms with Crippen molar-refractivity contribution in [1.82, 2.24) is 29.9 Å². The minimum atomic E-state index is -0.0625. The molecular weight excluding hydrogens is 328 g/mol. The molecule has 0 saturated heterocycles. The predicted octanol–water partition coefficient (Wildman–Crippen LogP) is 2.27. The summed E-state index contributed by atoms with van der Waals surface area (Å²) in [6, 6.07) is 6.45. The van der Waals surface area contributed by atoms with Gasteiger partial charge >= 0.3 is 0 Å². The zero-order valence-electron chi connectivity index (χ0n) is 15.0. The topological polar surface area (TPSA) is 77.6 Å². The summed E-state index contributed by atoms with van der Waals surface area (Å²) in [6.07, 6.45) is 7.79. The first kappa shape index (κ1) is 16.5. The number of nitrogens with one attached hydrogen (secondary N) is 1. The van der Waals surface area contributed by atoms with Crippen LogP contribution in [0.1, 0.15) is 41.3 Å². The van der Waals surface area contributed by atoms with Crippen LogP contribution < -0.4 is 5.32 Å². The fraction of sp³-hybridized carbons (Fsp3) is 0.368. The molecule has 7 heteroatoms. The number of fused-ring (bicyclic) bond motifs is 1. The van der Waals surface area contributed by atoms with Gasteiger partial charge in [-0.05, 0) is 56.4 Å². The van der Waals surface area contributed by atoms with Crippen LogP contribution in [-0.2, 0) is 17.8 Å².